The molecule has 0 amide bonds. The van der Waals surface area contributed by atoms with Gasteiger partial charge in [-0.15, -0.1) is 0 Å². The average Bonchev–Trinajstić information content (AvgIpc) is 2.83. The standard InChI is InChI=1S/C17H17F2NO/c1-20-16(21-15-9-5-4-8-14(15)18)17(19)10-12-6-2-3-7-13(12)11-17/h2-9,16,20H,10-11H2,1H3. The van der Waals surface area contributed by atoms with Crippen molar-refractivity contribution in [1.82, 2.24) is 5.32 Å². The second-order valence-corrected chi connectivity index (χ2v) is 5.37. The number of hydrogen-bond acceptors (Lipinski definition) is 2. The van der Waals surface area contributed by atoms with Crippen LogP contribution in [0.5, 0.6) is 5.75 Å². The maximum Gasteiger partial charge on any atom is 0.185 e. The molecule has 0 aromatic heterocycles. The van der Waals surface area contributed by atoms with E-state index in [2.05, 4.69) is 5.32 Å². The summed E-state index contributed by atoms with van der Waals surface area (Å²) in [5.74, 6) is -0.429. The highest BCUT2D eigenvalue weighted by molar-refractivity contribution is 5.36. The van der Waals surface area contributed by atoms with Crippen molar-refractivity contribution < 1.29 is 13.5 Å². The molecule has 3 rings (SSSR count). The zero-order valence-electron chi connectivity index (χ0n) is 11.8. The summed E-state index contributed by atoms with van der Waals surface area (Å²) < 4.78 is 34.5. The summed E-state index contributed by atoms with van der Waals surface area (Å²) in [7, 11) is 1.62. The van der Waals surface area contributed by atoms with Crippen molar-refractivity contribution in [3.05, 3.63) is 65.5 Å². The third-order valence-electron chi connectivity index (χ3n) is 3.90. The lowest BCUT2D eigenvalue weighted by Gasteiger charge is -2.30. The van der Waals surface area contributed by atoms with Crippen molar-refractivity contribution in [2.24, 2.45) is 0 Å². The highest BCUT2D eigenvalue weighted by Gasteiger charge is 2.45. The maximum absolute atomic E-state index is 15.3. The first-order chi connectivity index (χ1) is 10.1. The van der Waals surface area contributed by atoms with Crippen LogP contribution in [0.4, 0.5) is 8.78 Å². The third kappa shape index (κ3) is 2.63. The minimum absolute atomic E-state index is 0.0600. The minimum Gasteiger partial charge on any atom is -0.469 e. The zero-order valence-corrected chi connectivity index (χ0v) is 11.8. The van der Waals surface area contributed by atoms with E-state index in [9.17, 15) is 4.39 Å². The number of fused-ring (bicyclic) bond motifs is 1. The number of benzene rings is 2. The summed E-state index contributed by atoms with van der Waals surface area (Å²) in [5, 5.41) is 2.83. The fraction of sp³-hybridized carbons (Fsp3) is 0.294. The van der Waals surface area contributed by atoms with Crippen LogP contribution in [-0.4, -0.2) is 18.9 Å². The molecule has 1 N–H and O–H groups in total. The molecule has 2 aromatic rings. The largest absolute Gasteiger partial charge is 0.469 e. The van der Waals surface area contributed by atoms with Gasteiger partial charge in [0.2, 0.25) is 0 Å². The smallest absolute Gasteiger partial charge is 0.185 e. The highest BCUT2D eigenvalue weighted by Crippen LogP contribution is 2.36. The van der Waals surface area contributed by atoms with Crippen LogP contribution in [-0.2, 0) is 12.8 Å². The number of hydrogen-bond donors (Lipinski definition) is 1. The van der Waals surface area contributed by atoms with Crippen LogP contribution < -0.4 is 10.1 Å². The number of ether oxygens (including phenoxy) is 1. The Morgan fingerprint density at radius 3 is 2.19 bits per heavy atom. The normalized spacial score (nSPS) is 17.3. The molecule has 110 valence electrons. The monoisotopic (exact) mass is 289 g/mol. The Morgan fingerprint density at radius 1 is 1.05 bits per heavy atom. The molecule has 0 heterocycles. The topological polar surface area (TPSA) is 21.3 Å². The average molecular weight is 289 g/mol. The summed E-state index contributed by atoms with van der Waals surface area (Å²) in [4.78, 5) is 0. The lowest BCUT2D eigenvalue weighted by atomic mass is 10.0. The molecule has 0 saturated heterocycles. The summed E-state index contributed by atoms with van der Waals surface area (Å²) in [6, 6.07) is 13.7. The van der Waals surface area contributed by atoms with Gasteiger partial charge in [0, 0.05) is 12.8 Å². The molecule has 1 aliphatic rings. The van der Waals surface area contributed by atoms with Gasteiger partial charge < -0.3 is 4.74 Å². The van der Waals surface area contributed by atoms with Crippen molar-refractivity contribution in [1.29, 1.82) is 0 Å². The van der Waals surface area contributed by atoms with Gasteiger partial charge in [-0.3, -0.25) is 5.32 Å². The van der Waals surface area contributed by atoms with E-state index in [-0.39, 0.29) is 18.6 Å². The van der Waals surface area contributed by atoms with E-state index in [1.807, 2.05) is 24.3 Å². The fourth-order valence-electron chi connectivity index (χ4n) is 2.87. The molecule has 1 atom stereocenters. The molecule has 0 radical (unpaired) electrons. The van der Waals surface area contributed by atoms with Crippen LogP contribution >= 0.6 is 0 Å². The van der Waals surface area contributed by atoms with Crippen LogP contribution in [0.1, 0.15) is 11.1 Å². The summed E-state index contributed by atoms with van der Waals surface area (Å²) in [5.41, 5.74) is 0.385. The Balaban J connectivity index is 1.83. The summed E-state index contributed by atoms with van der Waals surface area (Å²) >= 11 is 0. The lowest BCUT2D eigenvalue weighted by Crippen LogP contribution is -2.51. The number of halogens is 2. The van der Waals surface area contributed by atoms with Crippen molar-refractivity contribution in [2.75, 3.05) is 7.05 Å². The van der Waals surface area contributed by atoms with Gasteiger partial charge in [-0.2, -0.15) is 0 Å². The van der Waals surface area contributed by atoms with Crippen LogP contribution in [0.2, 0.25) is 0 Å². The number of nitrogens with one attached hydrogen (secondary N) is 1. The van der Waals surface area contributed by atoms with Gasteiger partial charge in [-0.1, -0.05) is 36.4 Å². The van der Waals surface area contributed by atoms with Crippen LogP contribution in [0.25, 0.3) is 0 Å². The molecule has 1 unspecified atom stereocenters. The Bertz CT molecular complexity index is 619. The van der Waals surface area contributed by atoms with Gasteiger partial charge in [0.05, 0.1) is 0 Å². The molecule has 0 fully saturated rings. The Labute approximate surface area is 122 Å². The summed E-state index contributed by atoms with van der Waals surface area (Å²) in [6.45, 7) is 0. The predicted octanol–water partition coefficient (Wildman–Crippen LogP) is 3.26. The molecule has 21 heavy (non-hydrogen) atoms. The van der Waals surface area contributed by atoms with E-state index < -0.39 is 17.7 Å². The van der Waals surface area contributed by atoms with E-state index in [4.69, 9.17) is 4.74 Å². The van der Waals surface area contributed by atoms with Gasteiger partial charge >= 0.3 is 0 Å². The maximum atomic E-state index is 15.3. The molecule has 2 aromatic carbocycles. The highest BCUT2D eigenvalue weighted by atomic mass is 19.1. The van der Waals surface area contributed by atoms with E-state index in [1.165, 1.54) is 12.1 Å². The first-order valence-corrected chi connectivity index (χ1v) is 6.96. The van der Waals surface area contributed by atoms with Crippen molar-refractivity contribution >= 4 is 0 Å². The van der Waals surface area contributed by atoms with E-state index in [0.717, 1.165) is 11.1 Å². The molecule has 1 aliphatic carbocycles. The molecular formula is C17H17F2NO. The molecule has 0 bridgehead atoms. The third-order valence-corrected chi connectivity index (χ3v) is 3.90. The first-order valence-electron chi connectivity index (χ1n) is 6.96. The Morgan fingerprint density at radius 2 is 1.62 bits per heavy atom. The van der Waals surface area contributed by atoms with Crippen molar-refractivity contribution in [2.45, 2.75) is 24.7 Å². The lowest BCUT2D eigenvalue weighted by molar-refractivity contribution is -0.00318. The van der Waals surface area contributed by atoms with E-state index >= 15 is 4.39 Å². The van der Waals surface area contributed by atoms with Gasteiger partial charge in [0.1, 0.15) is 0 Å². The summed E-state index contributed by atoms with van der Waals surface area (Å²) in [6.07, 6.45) is -0.367. The first kappa shape index (κ1) is 14.0. The van der Waals surface area contributed by atoms with Gasteiger partial charge in [-0.05, 0) is 30.3 Å². The molecular weight excluding hydrogens is 272 g/mol. The van der Waals surface area contributed by atoms with Crippen LogP contribution in [0.3, 0.4) is 0 Å². The Kier molecular flexibility index (Phi) is 3.64. The second-order valence-electron chi connectivity index (χ2n) is 5.37. The predicted molar refractivity (Wildman–Crippen MR) is 77.6 cm³/mol. The molecule has 4 heteroatoms. The molecule has 0 saturated carbocycles. The number of alkyl halides is 1. The SMILES string of the molecule is CNC(Oc1ccccc1F)C1(F)Cc2ccccc2C1. The van der Waals surface area contributed by atoms with Crippen molar-refractivity contribution in [3.63, 3.8) is 0 Å². The molecule has 0 aliphatic heterocycles. The second kappa shape index (κ2) is 5.45. The fourth-order valence-corrected chi connectivity index (χ4v) is 2.87. The quantitative estimate of drug-likeness (QED) is 0.872. The Hall–Kier alpha value is -1.94. The number of rotatable bonds is 4. The zero-order chi connectivity index (χ0) is 14.9. The number of para-hydroxylation sites is 1. The van der Waals surface area contributed by atoms with Crippen LogP contribution in [0, 0.1) is 5.82 Å². The van der Waals surface area contributed by atoms with E-state index in [1.54, 1.807) is 19.2 Å². The van der Waals surface area contributed by atoms with Crippen LogP contribution in [0.15, 0.2) is 48.5 Å². The van der Waals surface area contributed by atoms with E-state index in [0.29, 0.717) is 0 Å². The van der Waals surface area contributed by atoms with Gasteiger partial charge in [0.15, 0.2) is 23.5 Å². The molecule has 2 nitrogen and oxygen atoms in total. The minimum atomic E-state index is -1.58. The van der Waals surface area contributed by atoms with Gasteiger partial charge in [-0.25, -0.2) is 8.78 Å². The van der Waals surface area contributed by atoms with Crippen molar-refractivity contribution in [3.8, 4) is 5.75 Å². The molecule has 0 spiro atoms. The van der Waals surface area contributed by atoms with Gasteiger partial charge in [0.25, 0.3) is 0 Å².